The molecule has 0 saturated heterocycles. The molecule has 0 unspecified atom stereocenters. The number of halogens is 1. The molecule has 0 aliphatic carbocycles. The quantitative estimate of drug-likeness (QED) is 0.366. The zero-order valence-corrected chi connectivity index (χ0v) is 12.7. The van der Waals surface area contributed by atoms with E-state index in [9.17, 15) is 4.79 Å². The highest BCUT2D eigenvalue weighted by Gasteiger charge is 2.17. The Morgan fingerprint density at radius 1 is 1.26 bits per heavy atom. The molecule has 2 aromatic rings. The van der Waals surface area contributed by atoms with Crippen LogP contribution in [0.3, 0.4) is 0 Å². The lowest BCUT2D eigenvalue weighted by Crippen LogP contribution is -2.13. The largest absolute Gasteiger partial charge is 0.465 e. The maximum Gasteiger partial charge on any atom is 0.338 e. The molecule has 0 amide bonds. The van der Waals surface area contributed by atoms with Crippen molar-refractivity contribution in [2.45, 2.75) is 0 Å². The van der Waals surface area contributed by atoms with Gasteiger partial charge in [-0.25, -0.2) is 4.79 Å². The molecular weight excluding hydrogens is 324 g/mol. The van der Waals surface area contributed by atoms with Gasteiger partial charge < -0.3 is 4.74 Å². The lowest BCUT2D eigenvalue weighted by molar-refractivity contribution is -0.135. The van der Waals surface area contributed by atoms with Gasteiger partial charge in [0, 0.05) is 10.0 Å². The summed E-state index contributed by atoms with van der Waals surface area (Å²) >= 11 is 8.85. The molecule has 0 spiro atoms. The van der Waals surface area contributed by atoms with E-state index in [0.717, 1.165) is 20.8 Å². The number of hydrogen-bond donors (Lipinski definition) is 0. The van der Waals surface area contributed by atoms with E-state index in [1.807, 2.05) is 36.4 Å². The fourth-order valence-corrected chi connectivity index (χ4v) is 2.86. The maximum atomic E-state index is 11.5. The molecule has 96 valence electrons. The van der Waals surface area contributed by atoms with Crippen LogP contribution >= 0.6 is 28.1 Å². The Balaban J connectivity index is 2.52. The molecule has 0 saturated carbocycles. The second-order valence-corrected chi connectivity index (χ2v) is 5.15. The number of esters is 1. The van der Waals surface area contributed by atoms with Crippen molar-refractivity contribution < 1.29 is 9.53 Å². The second kappa shape index (κ2) is 5.63. The first-order valence-electron chi connectivity index (χ1n) is 5.55. The van der Waals surface area contributed by atoms with Crippen molar-refractivity contribution in [2.24, 2.45) is 0 Å². The third-order valence-corrected chi connectivity index (χ3v) is 4.13. The molecule has 0 aliphatic rings. The molecule has 0 atom stereocenters. The summed E-state index contributed by atoms with van der Waals surface area (Å²) in [7, 11) is 1.31. The molecule has 19 heavy (non-hydrogen) atoms. The van der Waals surface area contributed by atoms with E-state index in [1.54, 1.807) is 0 Å². The first kappa shape index (κ1) is 13.9. The van der Waals surface area contributed by atoms with Crippen LogP contribution < -0.4 is 0 Å². The van der Waals surface area contributed by atoms with Gasteiger partial charge in [-0.15, -0.1) is 0 Å². The second-order valence-electron chi connectivity index (χ2n) is 3.95. The minimum Gasteiger partial charge on any atom is -0.465 e. The number of benzene rings is 2. The van der Waals surface area contributed by atoms with Gasteiger partial charge in [0.1, 0.15) is 0 Å². The smallest absolute Gasteiger partial charge is 0.338 e. The number of carbonyl (C=O) groups excluding carboxylic acids is 1. The number of ether oxygens (including phenoxy) is 1. The highest BCUT2D eigenvalue weighted by atomic mass is 79.9. The summed E-state index contributed by atoms with van der Waals surface area (Å²) < 4.78 is 5.50. The van der Waals surface area contributed by atoms with Gasteiger partial charge in [0.15, 0.2) is 0 Å². The third kappa shape index (κ3) is 2.60. The van der Waals surface area contributed by atoms with Crippen molar-refractivity contribution in [3.05, 3.63) is 58.6 Å². The predicted octanol–water partition coefficient (Wildman–Crippen LogP) is 4.05. The van der Waals surface area contributed by atoms with E-state index in [4.69, 9.17) is 12.2 Å². The topological polar surface area (TPSA) is 26.3 Å². The van der Waals surface area contributed by atoms with Crippen LogP contribution in [-0.4, -0.2) is 17.9 Å². The Kier molecular flexibility index (Phi) is 4.12. The molecule has 0 fully saturated rings. The average Bonchev–Trinajstić information content (AvgIpc) is 2.45. The van der Waals surface area contributed by atoms with E-state index in [1.165, 1.54) is 7.11 Å². The van der Waals surface area contributed by atoms with Gasteiger partial charge >= 0.3 is 5.97 Å². The van der Waals surface area contributed by atoms with E-state index in [0.29, 0.717) is 4.86 Å². The van der Waals surface area contributed by atoms with Crippen molar-refractivity contribution in [1.29, 1.82) is 0 Å². The Morgan fingerprint density at radius 3 is 2.63 bits per heavy atom. The standard InChI is InChI=1S/C15H11BrO2S/c1-9(15(17)18-2)14(19)12-8-7-10-5-3-4-6-11(10)13(12)16/h3-8H,1H2,2H3. The van der Waals surface area contributed by atoms with Crippen LogP contribution in [-0.2, 0) is 9.53 Å². The molecule has 4 heteroatoms. The Labute approximate surface area is 125 Å². The summed E-state index contributed by atoms with van der Waals surface area (Å²) in [6.07, 6.45) is 0. The van der Waals surface area contributed by atoms with E-state index < -0.39 is 5.97 Å². The van der Waals surface area contributed by atoms with Crippen LogP contribution in [0.4, 0.5) is 0 Å². The summed E-state index contributed by atoms with van der Waals surface area (Å²) in [6.45, 7) is 3.69. The summed E-state index contributed by atoms with van der Waals surface area (Å²) in [6, 6.07) is 11.8. The first-order chi connectivity index (χ1) is 9.06. The number of rotatable bonds is 3. The highest BCUT2D eigenvalue weighted by molar-refractivity contribution is 9.10. The summed E-state index contributed by atoms with van der Waals surface area (Å²) in [5.41, 5.74) is 0.956. The van der Waals surface area contributed by atoms with Crippen molar-refractivity contribution in [3.63, 3.8) is 0 Å². The zero-order chi connectivity index (χ0) is 14.0. The SMILES string of the molecule is C=C(C(=O)OC)C(=S)c1ccc2ccccc2c1Br. The fraction of sp³-hybridized carbons (Fsp3) is 0.0667. The van der Waals surface area contributed by atoms with Crippen molar-refractivity contribution in [1.82, 2.24) is 0 Å². The summed E-state index contributed by atoms with van der Waals surface area (Å²) in [5.74, 6) is -0.509. The molecule has 0 aliphatic heterocycles. The van der Waals surface area contributed by atoms with Gasteiger partial charge in [-0.05, 0) is 26.7 Å². The third-order valence-electron chi connectivity index (χ3n) is 2.81. The van der Waals surface area contributed by atoms with Gasteiger partial charge in [0.2, 0.25) is 0 Å². The predicted molar refractivity (Wildman–Crippen MR) is 84.5 cm³/mol. The van der Waals surface area contributed by atoms with E-state index in [-0.39, 0.29) is 5.57 Å². The van der Waals surface area contributed by atoms with Crippen LogP contribution in [0.25, 0.3) is 10.8 Å². The van der Waals surface area contributed by atoms with E-state index in [2.05, 4.69) is 27.2 Å². The van der Waals surface area contributed by atoms with Crippen molar-refractivity contribution >= 4 is 49.8 Å². The van der Waals surface area contributed by atoms with Crippen molar-refractivity contribution in [3.8, 4) is 0 Å². The van der Waals surface area contributed by atoms with Crippen molar-refractivity contribution in [2.75, 3.05) is 7.11 Å². The van der Waals surface area contributed by atoms with E-state index >= 15 is 0 Å². The molecule has 0 N–H and O–H groups in total. The average molecular weight is 335 g/mol. The normalized spacial score (nSPS) is 10.2. The molecule has 0 aromatic heterocycles. The number of carbonyl (C=O) groups is 1. The molecular formula is C15H11BrO2S. The van der Waals surface area contributed by atoms with Crippen LogP contribution in [0.2, 0.25) is 0 Å². The fourth-order valence-electron chi connectivity index (χ4n) is 1.79. The molecule has 0 bridgehead atoms. The highest BCUT2D eigenvalue weighted by Crippen LogP contribution is 2.29. The minimum atomic E-state index is -0.509. The Bertz CT molecular complexity index is 692. The van der Waals surface area contributed by atoms with Gasteiger partial charge in [-0.3, -0.25) is 0 Å². The van der Waals surface area contributed by atoms with Crippen LogP contribution in [0.15, 0.2) is 53.0 Å². The number of thiocarbonyl (C=S) groups is 1. The van der Waals surface area contributed by atoms with Gasteiger partial charge in [0.05, 0.1) is 17.5 Å². The first-order valence-corrected chi connectivity index (χ1v) is 6.75. The summed E-state index contributed by atoms with van der Waals surface area (Å²) in [5, 5.41) is 2.14. The molecule has 0 radical (unpaired) electrons. The lowest BCUT2D eigenvalue weighted by atomic mass is 10.0. The Hall–Kier alpha value is -1.52. The summed E-state index contributed by atoms with van der Waals surface area (Å²) in [4.78, 5) is 11.9. The maximum absolute atomic E-state index is 11.5. The zero-order valence-electron chi connectivity index (χ0n) is 10.3. The lowest BCUT2D eigenvalue weighted by Gasteiger charge is -2.10. The molecule has 2 nitrogen and oxygen atoms in total. The van der Waals surface area contributed by atoms with Gasteiger partial charge in [-0.2, -0.15) is 0 Å². The molecule has 2 aromatic carbocycles. The van der Waals surface area contributed by atoms with Gasteiger partial charge in [0.25, 0.3) is 0 Å². The van der Waals surface area contributed by atoms with Crippen LogP contribution in [0.5, 0.6) is 0 Å². The minimum absolute atomic E-state index is 0.188. The number of hydrogen-bond acceptors (Lipinski definition) is 3. The van der Waals surface area contributed by atoms with Crippen LogP contribution in [0.1, 0.15) is 5.56 Å². The molecule has 0 heterocycles. The molecule has 2 rings (SSSR count). The monoisotopic (exact) mass is 334 g/mol. The Morgan fingerprint density at radius 2 is 1.95 bits per heavy atom. The number of fused-ring (bicyclic) bond motifs is 1. The van der Waals surface area contributed by atoms with Crippen LogP contribution in [0, 0.1) is 0 Å². The number of methoxy groups -OCH3 is 1. The van der Waals surface area contributed by atoms with Gasteiger partial charge in [-0.1, -0.05) is 55.2 Å².